The lowest BCUT2D eigenvalue weighted by Crippen LogP contribution is -1.97. The van der Waals surface area contributed by atoms with Crippen LogP contribution >= 0.6 is 23.2 Å². The number of alkyl halides is 1. The summed E-state index contributed by atoms with van der Waals surface area (Å²) in [5, 5.41) is 0.127. The molecule has 0 amide bonds. The quantitative estimate of drug-likeness (QED) is 0.669. The molecule has 0 aliphatic carbocycles. The molecule has 0 aromatic heterocycles. The first-order valence-corrected chi connectivity index (χ1v) is 6.52. The second-order valence-electron chi connectivity index (χ2n) is 4.33. The van der Waals surface area contributed by atoms with E-state index in [2.05, 4.69) is 6.07 Å². The van der Waals surface area contributed by atoms with Crippen molar-refractivity contribution in [2.45, 2.75) is 18.7 Å². The largest absolute Gasteiger partial charge is 0.207 e. The zero-order valence-corrected chi connectivity index (χ0v) is 11.5. The minimum absolute atomic E-state index is 0.250. The van der Waals surface area contributed by atoms with Gasteiger partial charge in [-0.15, -0.1) is 11.6 Å². The fourth-order valence-corrected chi connectivity index (χ4v) is 2.63. The van der Waals surface area contributed by atoms with Crippen LogP contribution in [0.25, 0.3) is 0 Å². The lowest BCUT2D eigenvalue weighted by Gasteiger charge is -2.12. The predicted octanol–water partition coefficient (Wildman–Crippen LogP) is 5.31. The highest BCUT2D eigenvalue weighted by molar-refractivity contribution is 6.32. The van der Waals surface area contributed by atoms with Crippen LogP contribution in [-0.2, 0) is 6.42 Å². The maximum absolute atomic E-state index is 13.0. The fraction of sp³-hybridized carbons (Fsp3) is 0.200. The Balaban J connectivity index is 2.19. The van der Waals surface area contributed by atoms with Gasteiger partial charge >= 0.3 is 0 Å². The van der Waals surface area contributed by atoms with Gasteiger partial charge in [-0.1, -0.05) is 47.5 Å². The molecule has 0 aliphatic heterocycles. The van der Waals surface area contributed by atoms with Crippen LogP contribution in [0.4, 0.5) is 4.39 Å². The Labute approximate surface area is 116 Å². The second kappa shape index (κ2) is 5.73. The summed E-state index contributed by atoms with van der Waals surface area (Å²) in [5.74, 6) is -0.344. The van der Waals surface area contributed by atoms with E-state index >= 15 is 0 Å². The van der Waals surface area contributed by atoms with Crippen molar-refractivity contribution in [3.63, 3.8) is 0 Å². The minimum Gasteiger partial charge on any atom is -0.207 e. The number of hydrogen-bond donors (Lipinski definition) is 0. The van der Waals surface area contributed by atoms with Gasteiger partial charge in [0.1, 0.15) is 5.82 Å². The van der Waals surface area contributed by atoms with Crippen molar-refractivity contribution in [2.24, 2.45) is 0 Å². The third-order valence-corrected chi connectivity index (χ3v) is 3.51. The molecule has 0 N–H and O–H groups in total. The lowest BCUT2D eigenvalue weighted by molar-refractivity contribution is 0.627. The van der Waals surface area contributed by atoms with Crippen molar-refractivity contribution in [1.82, 2.24) is 0 Å². The molecular formula is C15H13Cl2F. The van der Waals surface area contributed by atoms with E-state index in [-0.39, 0.29) is 11.2 Å². The highest BCUT2D eigenvalue weighted by Gasteiger charge is 2.13. The Hall–Kier alpha value is -1.05. The average molecular weight is 283 g/mol. The Bertz CT molecular complexity index is 552. The summed E-state index contributed by atoms with van der Waals surface area (Å²) in [5.41, 5.74) is 3.11. The van der Waals surface area contributed by atoms with Crippen LogP contribution in [0.5, 0.6) is 0 Å². The molecule has 1 unspecified atom stereocenters. The third-order valence-electron chi connectivity index (χ3n) is 2.80. The summed E-state index contributed by atoms with van der Waals surface area (Å²) in [6.45, 7) is 2.04. The molecular weight excluding hydrogens is 270 g/mol. The zero-order valence-electron chi connectivity index (χ0n) is 9.96. The van der Waals surface area contributed by atoms with Gasteiger partial charge in [-0.2, -0.15) is 0 Å². The van der Waals surface area contributed by atoms with Gasteiger partial charge in [-0.3, -0.25) is 0 Å². The zero-order chi connectivity index (χ0) is 13.1. The van der Waals surface area contributed by atoms with Crippen LogP contribution in [0, 0.1) is 12.7 Å². The Morgan fingerprint density at radius 3 is 2.61 bits per heavy atom. The Morgan fingerprint density at radius 1 is 1.17 bits per heavy atom. The molecule has 3 heteroatoms. The van der Waals surface area contributed by atoms with Gasteiger partial charge in [0.15, 0.2) is 0 Å². The molecule has 2 aromatic rings. The van der Waals surface area contributed by atoms with Crippen LogP contribution in [0.1, 0.15) is 22.1 Å². The van der Waals surface area contributed by atoms with E-state index in [0.29, 0.717) is 11.4 Å². The highest BCUT2D eigenvalue weighted by Crippen LogP contribution is 2.31. The van der Waals surface area contributed by atoms with Gasteiger partial charge in [0.2, 0.25) is 0 Å². The molecule has 0 saturated heterocycles. The first-order chi connectivity index (χ1) is 8.56. The molecule has 0 spiro atoms. The first-order valence-electron chi connectivity index (χ1n) is 5.71. The number of rotatable bonds is 3. The van der Waals surface area contributed by atoms with E-state index in [1.54, 1.807) is 6.07 Å². The number of aryl methyl sites for hydroxylation is 1. The van der Waals surface area contributed by atoms with E-state index in [1.807, 2.05) is 25.1 Å². The van der Waals surface area contributed by atoms with E-state index in [0.717, 1.165) is 11.1 Å². The topological polar surface area (TPSA) is 0 Å². The molecule has 0 radical (unpaired) electrons. The molecule has 2 rings (SSSR count). The molecule has 0 saturated carbocycles. The molecule has 94 valence electrons. The van der Waals surface area contributed by atoms with Gasteiger partial charge < -0.3 is 0 Å². The van der Waals surface area contributed by atoms with Crippen LogP contribution < -0.4 is 0 Å². The minimum atomic E-state index is -0.344. The number of hydrogen-bond acceptors (Lipinski definition) is 0. The van der Waals surface area contributed by atoms with Crippen molar-refractivity contribution in [3.05, 3.63) is 70.0 Å². The summed E-state index contributed by atoms with van der Waals surface area (Å²) in [6.07, 6.45) is 0.675. The van der Waals surface area contributed by atoms with E-state index in [4.69, 9.17) is 23.2 Å². The van der Waals surface area contributed by atoms with Crippen molar-refractivity contribution in [1.29, 1.82) is 0 Å². The van der Waals surface area contributed by atoms with Gasteiger partial charge in [0, 0.05) is 5.02 Å². The summed E-state index contributed by atoms with van der Waals surface area (Å²) in [7, 11) is 0. The Kier molecular flexibility index (Phi) is 4.26. The van der Waals surface area contributed by atoms with Crippen LogP contribution in [0.3, 0.4) is 0 Å². The predicted molar refractivity (Wildman–Crippen MR) is 74.9 cm³/mol. The molecule has 1 atom stereocenters. The van der Waals surface area contributed by atoms with Gasteiger partial charge in [-0.05, 0) is 36.6 Å². The van der Waals surface area contributed by atoms with Crippen molar-refractivity contribution >= 4 is 23.2 Å². The number of benzene rings is 2. The van der Waals surface area contributed by atoms with Crippen molar-refractivity contribution in [2.75, 3.05) is 0 Å². The van der Waals surface area contributed by atoms with E-state index < -0.39 is 0 Å². The maximum atomic E-state index is 13.0. The van der Waals surface area contributed by atoms with Gasteiger partial charge in [0.25, 0.3) is 0 Å². The molecule has 0 bridgehead atoms. The molecule has 0 heterocycles. The molecule has 2 aromatic carbocycles. The average Bonchev–Trinajstić information content (AvgIpc) is 2.28. The smallest absolute Gasteiger partial charge is 0.124 e. The van der Waals surface area contributed by atoms with Crippen molar-refractivity contribution < 1.29 is 4.39 Å². The Morgan fingerprint density at radius 2 is 1.94 bits per heavy atom. The summed E-state index contributed by atoms with van der Waals surface area (Å²) in [6, 6.07) is 12.5. The maximum Gasteiger partial charge on any atom is 0.124 e. The summed E-state index contributed by atoms with van der Waals surface area (Å²) >= 11 is 12.3. The van der Waals surface area contributed by atoms with Gasteiger partial charge in [-0.25, -0.2) is 4.39 Å². The van der Waals surface area contributed by atoms with E-state index in [1.165, 1.54) is 17.7 Å². The van der Waals surface area contributed by atoms with Crippen molar-refractivity contribution in [3.8, 4) is 0 Å². The molecule has 0 nitrogen and oxygen atoms in total. The van der Waals surface area contributed by atoms with E-state index in [9.17, 15) is 4.39 Å². The van der Waals surface area contributed by atoms with Gasteiger partial charge in [0.05, 0.1) is 5.38 Å². The second-order valence-corrected chi connectivity index (χ2v) is 5.26. The third kappa shape index (κ3) is 3.24. The van der Waals surface area contributed by atoms with Crippen LogP contribution in [-0.4, -0.2) is 0 Å². The van der Waals surface area contributed by atoms with Crippen LogP contribution in [0.2, 0.25) is 5.02 Å². The lowest BCUT2D eigenvalue weighted by atomic mass is 10.0. The van der Waals surface area contributed by atoms with Crippen LogP contribution in [0.15, 0.2) is 42.5 Å². The highest BCUT2D eigenvalue weighted by atomic mass is 35.5. The normalized spacial score (nSPS) is 12.4. The monoisotopic (exact) mass is 282 g/mol. The molecule has 18 heavy (non-hydrogen) atoms. The standard InChI is InChI=1S/C15H13Cl2F/c1-10-3-2-4-11(7-10)8-14(16)13-6-5-12(18)9-15(13)17/h2-7,9,14H,8H2,1H3. The first kappa shape index (κ1) is 13.4. The fourth-order valence-electron chi connectivity index (χ4n) is 1.91. The molecule has 0 aliphatic rings. The summed E-state index contributed by atoms with van der Waals surface area (Å²) < 4.78 is 13.0. The SMILES string of the molecule is Cc1cccc(CC(Cl)c2ccc(F)cc2Cl)c1. The molecule has 0 fully saturated rings. The number of halogens is 3. The summed E-state index contributed by atoms with van der Waals surface area (Å²) in [4.78, 5) is 0.